The predicted octanol–water partition coefficient (Wildman–Crippen LogP) is 1.25. The summed E-state index contributed by atoms with van der Waals surface area (Å²) in [5.74, 6) is 0.499. The molecule has 1 rings (SSSR count). The van der Waals surface area contributed by atoms with Crippen molar-refractivity contribution in [1.29, 1.82) is 0 Å². The first-order valence-corrected chi connectivity index (χ1v) is 4.05. The highest BCUT2D eigenvalue weighted by Gasteiger charge is 1.93. The number of hydrogen-bond acceptors (Lipinski definition) is 4. The molecule has 0 bridgehead atoms. The van der Waals surface area contributed by atoms with Gasteiger partial charge in [-0.1, -0.05) is 11.8 Å². The highest BCUT2D eigenvalue weighted by molar-refractivity contribution is 8.00. The van der Waals surface area contributed by atoms with Crippen molar-refractivity contribution < 1.29 is 0 Å². The smallest absolute Gasteiger partial charge is 0.152 e. The van der Waals surface area contributed by atoms with E-state index in [0.717, 1.165) is 4.34 Å². The van der Waals surface area contributed by atoms with Crippen LogP contribution in [0.15, 0.2) is 4.34 Å². The Morgan fingerprint density at radius 3 is 2.88 bits per heavy atom. The average Bonchev–Trinajstić information content (AvgIpc) is 2.14. The fraction of sp³-hybridized carbons (Fsp3) is 0.250. The number of nitrogens with zero attached hydrogens (tertiary/aromatic N) is 1. The van der Waals surface area contributed by atoms with Gasteiger partial charge in [0.1, 0.15) is 5.82 Å². The Morgan fingerprint density at radius 2 is 2.62 bits per heavy atom. The molecule has 0 aromatic carbocycles. The number of nitrogens with two attached hydrogens (primary N) is 1. The maximum Gasteiger partial charge on any atom is 0.152 e. The summed E-state index contributed by atoms with van der Waals surface area (Å²) in [6.07, 6.45) is 1.96. The second-order valence-corrected chi connectivity index (χ2v) is 3.02. The van der Waals surface area contributed by atoms with Crippen LogP contribution in [-0.2, 0) is 0 Å². The van der Waals surface area contributed by atoms with Crippen molar-refractivity contribution in [1.82, 2.24) is 4.98 Å². The Kier molecular flexibility index (Phi) is 1.75. The van der Waals surface area contributed by atoms with Gasteiger partial charge in [0, 0.05) is 0 Å². The predicted molar refractivity (Wildman–Crippen MR) is 37.1 cm³/mol. The zero-order valence-electron chi connectivity index (χ0n) is 4.34. The van der Waals surface area contributed by atoms with Crippen LogP contribution in [0.2, 0.25) is 0 Å². The standard InChI is InChI=1S/C4H5N2S2/c1-7-4-6-3(5)2-8-4/h5H2,1H3. The normalized spacial score (nSPS) is 9.62. The Balaban J connectivity index is 2.84. The monoisotopic (exact) mass is 145 g/mol. The van der Waals surface area contributed by atoms with E-state index in [2.05, 4.69) is 10.4 Å². The Morgan fingerprint density at radius 1 is 1.88 bits per heavy atom. The van der Waals surface area contributed by atoms with Crippen molar-refractivity contribution in [3.8, 4) is 0 Å². The average molecular weight is 145 g/mol. The van der Waals surface area contributed by atoms with Crippen LogP contribution >= 0.6 is 23.1 Å². The minimum Gasteiger partial charge on any atom is -0.382 e. The number of rotatable bonds is 1. The van der Waals surface area contributed by atoms with Gasteiger partial charge in [0.15, 0.2) is 4.34 Å². The van der Waals surface area contributed by atoms with Gasteiger partial charge >= 0.3 is 0 Å². The van der Waals surface area contributed by atoms with Crippen molar-refractivity contribution in [3.05, 3.63) is 5.38 Å². The van der Waals surface area contributed by atoms with Crippen molar-refractivity contribution in [2.45, 2.75) is 4.34 Å². The van der Waals surface area contributed by atoms with Gasteiger partial charge in [0.05, 0.1) is 5.38 Å². The van der Waals surface area contributed by atoms with Crippen LogP contribution in [-0.4, -0.2) is 11.2 Å². The van der Waals surface area contributed by atoms with Crippen LogP contribution in [0.25, 0.3) is 0 Å². The third kappa shape index (κ3) is 1.14. The summed E-state index contributed by atoms with van der Waals surface area (Å²) in [6.45, 7) is 0. The molecule has 0 aliphatic rings. The van der Waals surface area contributed by atoms with Gasteiger partial charge < -0.3 is 5.73 Å². The van der Waals surface area contributed by atoms with Gasteiger partial charge in [-0.05, 0) is 6.26 Å². The molecule has 4 heteroatoms. The lowest BCUT2D eigenvalue weighted by atomic mass is 10.9. The number of thioether (sulfide) groups is 1. The maximum atomic E-state index is 5.28. The second-order valence-electron chi connectivity index (χ2n) is 1.17. The molecular formula is C4H5N2S2. The van der Waals surface area contributed by atoms with Crippen LogP contribution in [0.4, 0.5) is 5.82 Å². The third-order valence-corrected chi connectivity index (χ3v) is 2.40. The summed E-state index contributed by atoms with van der Waals surface area (Å²) in [5.41, 5.74) is 5.28. The van der Waals surface area contributed by atoms with Gasteiger partial charge in [-0.2, -0.15) is 0 Å². The van der Waals surface area contributed by atoms with Gasteiger partial charge in [0.2, 0.25) is 0 Å². The van der Waals surface area contributed by atoms with E-state index in [1.807, 2.05) is 6.26 Å². The number of aromatic nitrogens is 1. The lowest BCUT2D eigenvalue weighted by Gasteiger charge is -1.79. The molecule has 1 aromatic rings. The van der Waals surface area contributed by atoms with E-state index in [4.69, 9.17) is 5.73 Å². The summed E-state index contributed by atoms with van der Waals surface area (Å²) in [6, 6.07) is 0. The number of hydrogen-bond donors (Lipinski definition) is 1. The molecule has 43 valence electrons. The van der Waals surface area contributed by atoms with E-state index in [1.165, 1.54) is 11.3 Å². The summed E-state index contributed by atoms with van der Waals surface area (Å²) >= 11 is 3.04. The SMILES string of the molecule is CSc1nc(N)[c]s1. The number of anilines is 1. The topological polar surface area (TPSA) is 38.9 Å². The van der Waals surface area contributed by atoms with Crippen molar-refractivity contribution in [2.75, 3.05) is 12.0 Å². The molecule has 0 amide bonds. The minimum absolute atomic E-state index is 0.499. The largest absolute Gasteiger partial charge is 0.382 e. The molecule has 2 N–H and O–H groups in total. The van der Waals surface area contributed by atoms with Gasteiger partial charge in [-0.25, -0.2) is 4.98 Å². The molecule has 0 aliphatic carbocycles. The minimum atomic E-state index is 0.499. The first-order valence-electron chi connectivity index (χ1n) is 2.01. The van der Waals surface area contributed by atoms with E-state index in [9.17, 15) is 0 Å². The fourth-order valence-corrected chi connectivity index (χ4v) is 1.36. The molecule has 2 nitrogen and oxygen atoms in total. The van der Waals surface area contributed by atoms with Gasteiger partial charge in [-0.15, -0.1) is 11.3 Å². The lowest BCUT2D eigenvalue weighted by molar-refractivity contribution is 1.26. The molecule has 1 heterocycles. The number of nitrogen functional groups attached to an aromatic ring is 1. The fourth-order valence-electron chi connectivity index (χ4n) is 0.327. The molecule has 1 radical (unpaired) electrons. The van der Waals surface area contributed by atoms with E-state index >= 15 is 0 Å². The van der Waals surface area contributed by atoms with Crippen LogP contribution in [0.1, 0.15) is 0 Å². The summed E-state index contributed by atoms with van der Waals surface area (Å²) < 4.78 is 0.975. The zero-order valence-corrected chi connectivity index (χ0v) is 5.97. The van der Waals surface area contributed by atoms with Crippen LogP contribution < -0.4 is 5.73 Å². The van der Waals surface area contributed by atoms with Crippen molar-refractivity contribution >= 4 is 28.9 Å². The molecule has 8 heavy (non-hydrogen) atoms. The summed E-state index contributed by atoms with van der Waals surface area (Å²) in [5, 5.41) is 2.81. The van der Waals surface area contributed by atoms with Crippen molar-refractivity contribution in [3.63, 3.8) is 0 Å². The van der Waals surface area contributed by atoms with E-state index in [1.54, 1.807) is 11.8 Å². The van der Waals surface area contributed by atoms with Crippen LogP contribution in [0, 0.1) is 5.38 Å². The van der Waals surface area contributed by atoms with Gasteiger partial charge in [-0.3, -0.25) is 0 Å². The van der Waals surface area contributed by atoms with E-state index < -0.39 is 0 Å². The third-order valence-electron chi connectivity index (χ3n) is 0.629. The Hall–Kier alpha value is -0.220. The summed E-state index contributed by atoms with van der Waals surface area (Å²) in [4.78, 5) is 3.93. The maximum absolute atomic E-state index is 5.28. The number of thiazole rings is 1. The van der Waals surface area contributed by atoms with Gasteiger partial charge in [0.25, 0.3) is 0 Å². The molecule has 0 spiro atoms. The van der Waals surface area contributed by atoms with Crippen LogP contribution in [0.3, 0.4) is 0 Å². The van der Waals surface area contributed by atoms with E-state index in [0.29, 0.717) is 5.82 Å². The molecule has 1 aromatic heterocycles. The molecule has 0 unspecified atom stereocenters. The molecule has 0 saturated heterocycles. The Labute approximate surface area is 56.1 Å². The first-order chi connectivity index (χ1) is 3.83. The van der Waals surface area contributed by atoms with E-state index in [-0.39, 0.29) is 0 Å². The van der Waals surface area contributed by atoms with Crippen molar-refractivity contribution in [2.24, 2.45) is 0 Å². The highest BCUT2D eigenvalue weighted by atomic mass is 32.2. The molecular weight excluding hydrogens is 140 g/mol. The Bertz CT molecular complexity index is 172. The second kappa shape index (κ2) is 2.37. The summed E-state index contributed by atoms with van der Waals surface area (Å²) in [7, 11) is 0. The molecule has 0 saturated carbocycles. The quantitative estimate of drug-likeness (QED) is 0.604. The highest BCUT2D eigenvalue weighted by Crippen LogP contribution is 2.19. The zero-order chi connectivity index (χ0) is 5.98. The van der Waals surface area contributed by atoms with Crippen LogP contribution in [0.5, 0.6) is 0 Å². The molecule has 0 atom stereocenters. The lowest BCUT2D eigenvalue weighted by Crippen LogP contribution is -1.81. The molecule has 0 fully saturated rings. The first kappa shape index (κ1) is 5.91. The molecule has 0 aliphatic heterocycles.